The maximum absolute atomic E-state index is 11.8. The Kier molecular flexibility index (Phi) is 3.77. The molecule has 1 aromatic heterocycles. The fourth-order valence-corrected chi connectivity index (χ4v) is 2.52. The van der Waals surface area contributed by atoms with Gasteiger partial charge in [-0.1, -0.05) is 0 Å². The lowest BCUT2D eigenvalue weighted by molar-refractivity contribution is 0.109. The third kappa shape index (κ3) is 3.25. The molecule has 1 aromatic rings. The first-order valence-corrected chi connectivity index (χ1v) is 6.91. The second-order valence-corrected chi connectivity index (χ2v) is 5.65. The molecule has 96 valence electrons. The number of sulfonamides is 1. The predicted molar refractivity (Wildman–Crippen MR) is 60.5 cm³/mol. The molecule has 2 N–H and O–H groups in total. The number of rotatable bonds is 5. The van der Waals surface area contributed by atoms with Crippen LogP contribution in [0.5, 0.6) is 0 Å². The maximum Gasteiger partial charge on any atom is 0.256 e. The summed E-state index contributed by atoms with van der Waals surface area (Å²) in [4.78, 5) is 2.44. The molecule has 0 bridgehead atoms. The third-order valence-corrected chi connectivity index (χ3v) is 3.80. The number of hydrazine groups is 1. The zero-order valence-electron chi connectivity index (χ0n) is 9.59. The first kappa shape index (κ1) is 12.5. The van der Waals surface area contributed by atoms with Crippen molar-refractivity contribution in [3.63, 3.8) is 0 Å². The Balaban J connectivity index is 1.85. The van der Waals surface area contributed by atoms with Crippen LogP contribution in [0.4, 0.5) is 0 Å². The predicted octanol–water partition coefficient (Wildman–Crippen LogP) is -0.618. The van der Waals surface area contributed by atoms with E-state index in [1.165, 1.54) is 17.1 Å². The van der Waals surface area contributed by atoms with Gasteiger partial charge in [0.2, 0.25) is 0 Å². The molecule has 1 saturated heterocycles. The van der Waals surface area contributed by atoms with Crippen molar-refractivity contribution >= 4 is 10.0 Å². The summed E-state index contributed by atoms with van der Waals surface area (Å²) in [7, 11) is -1.87. The highest BCUT2D eigenvalue weighted by molar-refractivity contribution is 7.89. The van der Waals surface area contributed by atoms with Gasteiger partial charge in [0.15, 0.2) is 0 Å². The number of ether oxygens (including phenoxy) is 1. The molecule has 1 aliphatic heterocycles. The van der Waals surface area contributed by atoms with Crippen LogP contribution < -0.4 is 10.3 Å². The normalized spacial score (nSPS) is 20.9. The van der Waals surface area contributed by atoms with E-state index < -0.39 is 10.0 Å². The first-order chi connectivity index (χ1) is 8.08. The Morgan fingerprint density at radius 1 is 1.65 bits per heavy atom. The van der Waals surface area contributed by atoms with E-state index in [1.54, 1.807) is 7.05 Å². The average Bonchev–Trinajstić information content (AvgIpc) is 2.89. The van der Waals surface area contributed by atoms with Crippen LogP contribution in [0.15, 0.2) is 17.3 Å². The zero-order chi connectivity index (χ0) is 12.3. The van der Waals surface area contributed by atoms with Crippen LogP contribution in [0.25, 0.3) is 0 Å². The fraction of sp³-hybridized carbons (Fsp3) is 0.667. The molecule has 1 aliphatic rings. The fourth-order valence-electron chi connectivity index (χ4n) is 1.65. The SMILES string of the molecule is Cn1cc(S(=O)(=O)NNC[C@H]2CCCO2)cn1. The monoisotopic (exact) mass is 260 g/mol. The topological polar surface area (TPSA) is 85.2 Å². The van der Waals surface area contributed by atoms with Gasteiger partial charge in [-0.05, 0) is 12.8 Å². The van der Waals surface area contributed by atoms with Crippen molar-refractivity contribution in [2.45, 2.75) is 23.8 Å². The molecular weight excluding hydrogens is 244 g/mol. The Morgan fingerprint density at radius 2 is 2.47 bits per heavy atom. The van der Waals surface area contributed by atoms with Crippen LogP contribution >= 0.6 is 0 Å². The number of nitrogens with one attached hydrogen (secondary N) is 2. The smallest absolute Gasteiger partial charge is 0.256 e. The molecule has 17 heavy (non-hydrogen) atoms. The standard InChI is InChI=1S/C9H16N4O3S/c1-13-7-9(6-11-13)17(14,15)12-10-5-8-3-2-4-16-8/h6-8,10,12H,2-5H2,1H3/t8-/m1/s1. The Hall–Kier alpha value is -0.960. The van der Waals surface area contributed by atoms with Crippen molar-refractivity contribution in [3.8, 4) is 0 Å². The molecule has 8 heteroatoms. The molecule has 0 saturated carbocycles. The summed E-state index contributed by atoms with van der Waals surface area (Å²) in [5.41, 5.74) is 2.68. The van der Waals surface area contributed by atoms with E-state index in [1.807, 2.05) is 0 Å². The molecule has 0 aromatic carbocycles. The van der Waals surface area contributed by atoms with Gasteiger partial charge in [0.1, 0.15) is 4.90 Å². The third-order valence-electron chi connectivity index (χ3n) is 2.55. The molecule has 0 aliphatic carbocycles. The molecule has 7 nitrogen and oxygen atoms in total. The van der Waals surface area contributed by atoms with E-state index in [-0.39, 0.29) is 11.0 Å². The second kappa shape index (κ2) is 5.13. The summed E-state index contributed by atoms with van der Waals surface area (Å²) >= 11 is 0. The van der Waals surface area contributed by atoms with Crippen molar-refractivity contribution in [2.24, 2.45) is 7.05 Å². The van der Waals surface area contributed by atoms with Crippen molar-refractivity contribution in [1.29, 1.82) is 0 Å². The Morgan fingerprint density at radius 3 is 3.06 bits per heavy atom. The van der Waals surface area contributed by atoms with Crippen LogP contribution in [-0.2, 0) is 21.8 Å². The van der Waals surface area contributed by atoms with Gasteiger partial charge in [0, 0.05) is 26.4 Å². The molecule has 1 fully saturated rings. The summed E-state index contributed by atoms with van der Waals surface area (Å²) in [5, 5.41) is 3.81. The maximum atomic E-state index is 11.8. The molecule has 2 rings (SSSR count). The van der Waals surface area contributed by atoms with Crippen LogP contribution in [0.1, 0.15) is 12.8 Å². The number of aromatic nitrogens is 2. The summed E-state index contributed by atoms with van der Waals surface area (Å²) < 4.78 is 30.3. The van der Waals surface area contributed by atoms with E-state index in [9.17, 15) is 8.42 Å². The minimum Gasteiger partial charge on any atom is -0.377 e. The van der Waals surface area contributed by atoms with Gasteiger partial charge in [-0.25, -0.2) is 13.8 Å². The van der Waals surface area contributed by atoms with E-state index in [0.717, 1.165) is 19.4 Å². The minimum absolute atomic E-state index is 0.0894. The van der Waals surface area contributed by atoms with E-state index >= 15 is 0 Å². The molecule has 0 amide bonds. The first-order valence-electron chi connectivity index (χ1n) is 5.43. The molecule has 1 atom stereocenters. The highest BCUT2D eigenvalue weighted by atomic mass is 32.2. The molecular formula is C9H16N4O3S. The van der Waals surface area contributed by atoms with Gasteiger partial charge < -0.3 is 4.74 Å². The van der Waals surface area contributed by atoms with Gasteiger partial charge in [0.25, 0.3) is 10.0 Å². The summed E-state index contributed by atoms with van der Waals surface area (Å²) in [5.74, 6) is 0. The van der Waals surface area contributed by atoms with Crippen molar-refractivity contribution in [1.82, 2.24) is 20.0 Å². The van der Waals surface area contributed by atoms with E-state index in [0.29, 0.717) is 6.54 Å². The summed E-state index contributed by atoms with van der Waals surface area (Å²) in [6, 6.07) is 0. The van der Waals surface area contributed by atoms with Crippen molar-refractivity contribution < 1.29 is 13.2 Å². The number of aryl methyl sites for hydroxylation is 1. The lowest BCUT2D eigenvalue weighted by atomic mass is 10.2. The van der Waals surface area contributed by atoms with Crippen molar-refractivity contribution in [2.75, 3.05) is 13.2 Å². The van der Waals surface area contributed by atoms with Gasteiger partial charge in [-0.2, -0.15) is 5.10 Å². The zero-order valence-corrected chi connectivity index (χ0v) is 10.4. The number of nitrogens with zero attached hydrogens (tertiary/aromatic N) is 2. The van der Waals surface area contributed by atoms with E-state index in [2.05, 4.69) is 15.4 Å². The highest BCUT2D eigenvalue weighted by Gasteiger charge is 2.18. The van der Waals surface area contributed by atoms with Gasteiger partial charge in [0.05, 0.1) is 12.3 Å². The lowest BCUT2D eigenvalue weighted by Crippen LogP contribution is -2.41. The number of hydrogen-bond acceptors (Lipinski definition) is 5. The largest absolute Gasteiger partial charge is 0.377 e. The highest BCUT2D eigenvalue weighted by Crippen LogP contribution is 2.10. The van der Waals surface area contributed by atoms with E-state index in [4.69, 9.17) is 4.74 Å². The Bertz CT molecular complexity index is 464. The minimum atomic E-state index is -3.53. The molecule has 0 unspecified atom stereocenters. The lowest BCUT2D eigenvalue weighted by Gasteiger charge is -2.11. The quantitative estimate of drug-likeness (QED) is 0.689. The number of hydrogen-bond donors (Lipinski definition) is 2. The van der Waals surface area contributed by atoms with Crippen LogP contribution in [0, 0.1) is 0 Å². The Labute approximate surface area is 100 Å². The van der Waals surface area contributed by atoms with Crippen LogP contribution in [0.3, 0.4) is 0 Å². The van der Waals surface area contributed by atoms with Crippen LogP contribution in [0.2, 0.25) is 0 Å². The molecule has 0 radical (unpaired) electrons. The van der Waals surface area contributed by atoms with Gasteiger partial charge in [-0.3, -0.25) is 4.68 Å². The van der Waals surface area contributed by atoms with Crippen molar-refractivity contribution in [3.05, 3.63) is 12.4 Å². The van der Waals surface area contributed by atoms with Crippen LogP contribution in [-0.4, -0.2) is 37.5 Å². The summed E-state index contributed by atoms with van der Waals surface area (Å²) in [6.07, 6.45) is 4.82. The molecule has 2 heterocycles. The molecule has 0 spiro atoms. The second-order valence-electron chi connectivity index (χ2n) is 3.97. The van der Waals surface area contributed by atoms with Gasteiger partial charge in [-0.15, -0.1) is 4.83 Å². The van der Waals surface area contributed by atoms with Gasteiger partial charge >= 0.3 is 0 Å². The average molecular weight is 260 g/mol. The summed E-state index contributed by atoms with van der Waals surface area (Å²) in [6.45, 7) is 1.22.